The summed E-state index contributed by atoms with van der Waals surface area (Å²) < 4.78 is 6.96. The third kappa shape index (κ3) is 5.52. The lowest BCUT2D eigenvalue weighted by Crippen LogP contribution is -2.43. The molecule has 2 aromatic heterocycles. The van der Waals surface area contributed by atoms with Crippen LogP contribution >= 0.6 is 23.1 Å². The summed E-state index contributed by atoms with van der Waals surface area (Å²) in [6.07, 6.45) is 0. The van der Waals surface area contributed by atoms with Crippen LogP contribution in [0.5, 0.6) is 0 Å². The van der Waals surface area contributed by atoms with E-state index in [1.807, 2.05) is 41.1 Å². The highest BCUT2D eigenvalue weighted by Gasteiger charge is 2.38. The number of thioether (sulfide) groups is 1. The summed E-state index contributed by atoms with van der Waals surface area (Å²) >= 11 is 3.29. The summed E-state index contributed by atoms with van der Waals surface area (Å²) in [7, 11) is 1.59. The van der Waals surface area contributed by atoms with E-state index >= 15 is 0 Å². The highest BCUT2D eigenvalue weighted by Crippen LogP contribution is 2.50. The molecule has 9 heteroatoms. The Hall–Kier alpha value is -3.40. The monoisotopic (exact) mass is 560 g/mol. The van der Waals surface area contributed by atoms with Crippen molar-refractivity contribution in [2.45, 2.75) is 26.0 Å². The van der Waals surface area contributed by atoms with E-state index in [2.05, 4.69) is 49.7 Å². The van der Waals surface area contributed by atoms with Crippen LogP contribution in [0.3, 0.4) is 0 Å². The van der Waals surface area contributed by atoms with Crippen LogP contribution in [-0.2, 0) is 14.3 Å². The number of ether oxygens (including phenoxy) is 1. The molecule has 4 aromatic rings. The zero-order chi connectivity index (χ0) is 27.5. The Morgan fingerprint density at radius 2 is 1.90 bits per heavy atom. The van der Waals surface area contributed by atoms with E-state index in [1.165, 1.54) is 10.4 Å². The first-order chi connectivity index (χ1) is 18.9. The maximum atomic E-state index is 13.8. The molecule has 202 valence electrons. The SMILES string of the molecule is COCCNC(=O)CN1C(=O)CS[C@@H](c2sccc2C)c2c(-c3ccccc3)nn(-c3ccc(C)cc3C)c21. The second kappa shape index (κ2) is 11.8. The number of carbonyl (C=O) groups is 2. The van der Waals surface area contributed by atoms with Gasteiger partial charge in [-0.2, -0.15) is 5.10 Å². The van der Waals surface area contributed by atoms with E-state index in [0.29, 0.717) is 19.0 Å². The van der Waals surface area contributed by atoms with Gasteiger partial charge in [0.05, 0.1) is 29.0 Å². The first-order valence-electron chi connectivity index (χ1n) is 12.9. The number of fused-ring (bicyclic) bond motifs is 1. The first-order valence-corrected chi connectivity index (χ1v) is 14.8. The molecule has 1 aliphatic heterocycles. The minimum atomic E-state index is -0.239. The van der Waals surface area contributed by atoms with Gasteiger partial charge in [-0.25, -0.2) is 4.68 Å². The molecule has 1 N–H and O–H groups in total. The number of hydrogen-bond donors (Lipinski definition) is 1. The molecule has 39 heavy (non-hydrogen) atoms. The van der Waals surface area contributed by atoms with Gasteiger partial charge in [0.15, 0.2) is 0 Å². The average molecular weight is 561 g/mol. The fraction of sp³-hybridized carbons (Fsp3) is 0.300. The normalized spacial score (nSPS) is 15.2. The Kier molecular flexibility index (Phi) is 8.20. The third-order valence-electron chi connectivity index (χ3n) is 6.79. The lowest BCUT2D eigenvalue weighted by atomic mass is 10.0. The fourth-order valence-corrected chi connectivity index (χ4v) is 7.36. The molecule has 0 unspecified atom stereocenters. The van der Waals surface area contributed by atoms with Crippen LogP contribution < -0.4 is 10.2 Å². The van der Waals surface area contributed by atoms with Crippen LogP contribution in [0.15, 0.2) is 60.0 Å². The molecule has 3 heterocycles. The zero-order valence-corrected chi connectivity index (χ0v) is 24.2. The number of nitrogens with zero attached hydrogens (tertiary/aromatic N) is 3. The van der Waals surface area contributed by atoms with Gasteiger partial charge in [0, 0.05) is 29.7 Å². The van der Waals surface area contributed by atoms with E-state index in [9.17, 15) is 9.59 Å². The predicted octanol–water partition coefficient (Wildman–Crippen LogP) is 5.46. The van der Waals surface area contributed by atoms with Crippen molar-refractivity contribution in [1.29, 1.82) is 0 Å². The molecule has 0 aliphatic carbocycles. The number of nitrogens with one attached hydrogen (secondary N) is 1. The predicted molar refractivity (Wildman–Crippen MR) is 159 cm³/mol. The minimum absolute atomic E-state index is 0.100. The van der Waals surface area contributed by atoms with Gasteiger partial charge in [-0.05, 0) is 49.4 Å². The molecule has 0 bridgehead atoms. The standard InChI is InChI=1S/C30H32N4O3S2/c1-19-10-11-23(21(3)16-19)34-30-26(27(32-34)22-8-6-5-7-9-22)29(28-20(2)12-15-38-28)39-18-25(36)33(30)17-24(35)31-13-14-37-4/h5-12,15-16,29H,13-14,17-18H2,1-4H3,(H,31,35)/t29-/m1/s1. The van der Waals surface area contributed by atoms with E-state index in [-0.39, 0.29) is 29.4 Å². The van der Waals surface area contributed by atoms with E-state index < -0.39 is 0 Å². The lowest BCUT2D eigenvalue weighted by molar-refractivity contribution is -0.123. The van der Waals surface area contributed by atoms with E-state index in [0.717, 1.165) is 33.6 Å². The number of thiophene rings is 1. The van der Waals surface area contributed by atoms with E-state index in [1.54, 1.807) is 35.1 Å². The zero-order valence-electron chi connectivity index (χ0n) is 22.6. The Morgan fingerprint density at radius 1 is 1.10 bits per heavy atom. The molecule has 0 saturated heterocycles. The number of carbonyl (C=O) groups excluding carboxylic acids is 2. The molecule has 7 nitrogen and oxygen atoms in total. The number of hydrogen-bond acceptors (Lipinski definition) is 6. The molecule has 5 rings (SSSR count). The van der Waals surface area contributed by atoms with Gasteiger partial charge in [0.25, 0.3) is 0 Å². The van der Waals surface area contributed by atoms with Gasteiger partial charge in [-0.3, -0.25) is 14.5 Å². The number of aryl methyl sites for hydroxylation is 3. The number of aromatic nitrogens is 2. The molecule has 0 radical (unpaired) electrons. The van der Waals surface area contributed by atoms with Crippen molar-refractivity contribution in [2.75, 3.05) is 37.5 Å². The second-order valence-corrected chi connectivity index (χ2v) is 11.7. The maximum Gasteiger partial charge on any atom is 0.240 e. The molecule has 2 aromatic carbocycles. The Bertz CT molecular complexity index is 1500. The fourth-order valence-electron chi connectivity index (χ4n) is 4.89. The number of methoxy groups -OCH3 is 1. The minimum Gasteiger partial charge on any atom is -0.383 e. The number of rotatable bonds is 8. The molecule has 1 aliphatic rings. The third-order valence-corrected chi connectivity index (χ3v) is 9.24. The van der Waals surface area contributed by atoms with Gasteiger partial charge < -0.3 is 10.1 Å². The lowest BCUT2D eigenvalue weighted by Gasteiger charge is -2.23. The highest BCUT2D eigenvalue weighted by atomic mass is 32.2. The van der Waals surface area contributed by atoms with Crippen molar-refractivity contribution in [2.24, 2.45) is 0 Å². The average Bonchev–Trinajstić information content (AvgIpc) is 3.49. The van der Waals surface area contributed by atoms with Crippen molar-refractivity contribution in [3.05, 3.63) is 87.1 Å². The van der Waals surface area contributed by atoms with Crippen LogP contribution in [0, 0.1) is 20.8 Å². The molecule has 2 amide bonds. The molecule has 1 atom stereocenters. The number of anilines is 1. The van der Waals surface area contributed by atoms with Crippen molar-refractivity contribution in [3.63, 3.8) is 0 Å². The molecular weight excluding hydrogens is 528 g/mol. The maximum absolute atomic E-state index is 13.8. The van der Waals surface area contributed by atoms with Gasteiger partial charge in [-0.15, -0.1) is 23.1 Å². The summed E-state index contributed by atoms with van der Waals surface area (Å²) in [5, 5.41) is 10.0. The van der Waals surface area contributed by atoms with E-state index in [4.69, 9.17) is 9.84 Å². The van der Waals surface area contributed by atoms with Crippen LogP contribution in [0.1, 0.15) is 32.4 Å². The number of amides is 2. The van der Waals surface area contributed by atoms with Crippen molar-refractivity contribution >= 4 is 40.7 Å². The van der Waals surface area contributed by atoms with Crippen molar-refractivity contribution in [3.8, 4) is 16.9 Å². The summed E-state index contributed by atoms with van der Waals surface area (Å²) in [4.78, 5) is 29.6. The van der Waals surface area contributed by atoms with Gasteiger partial charge in [0.1, 0.15) is 12.4 Å². The summed E-state index contributed by atoms with van der Waals surface area (Å²) in [6, 6.07) is 18.4. The Morgan fingerprint density at radius 3 is 2.59 bits per heavy atom. The van der Waals surface area contributed by atoms with Crippen LogP contribution in [0.4, 0.5) is 5.82 Å². The van der Waals surface area contributed by atoms with Crippen LogP contribution in [0.25, 0.3) is 16.9 Å². The second-order valence-electron chi connectivity index (χ2n) is 9.64. The van der Waals surface area contributed by atoms with Crippen LogP contribution in [-0.4, -0.2) is 54.2 Å². The van der Waals surface area contributed by atoms with Crippen molar-refractivity contribution < 1.29 is 14.3 Å². The smallest absolute Gasteiger partial charge is 0.240 e. The largest absolute Gasteiger partial charge is 0.383 e. The van der Waals surface area contributed by atoms with Gasteiger partial charge in [0.2, 0.25) is 11.8 Å². The Labute approximate surface area is 237 Å². The highest BCUT2D eigenvalue weighted by molar-refractivity contribution is 8.00. The quantitative estimate of drug-likeness (QED) is 0.290. The summed E-state index contributed by atoms with van der Waals surface area (Å²) in [5.41, 5.74) is 6.98. The van der Waals surface area contributed by atoms with Crippen LogP contribution in [0.2, 0.25) is 0 Å². The van der Waals surface area contributed by atoms with Gasteiger partial charge >= 0.3 is 0 Å². The molecular formula is C30H32N4O3S2. The molecule has 0 saturated carbocycles. The number of benzene rings is 2. The summed E-state index contributed by atoms with van der Waals surface area (Å²) in [6.45, 7) is 6.89. The summed E-state index contributed by atoms with van der Waals surface area (Å²) in [5.74, 6) is 0.543. The topological polar surface area (TPSA) is 76.5 Å². The molecule has 0 fully saturated rings. The van der Waals surface area contributed by atoms with Gasteiger partial charge in [-0.1, -0.05) is 48.0 Å². The Balaban J connectivity index is 1.77. The van der Waals surface area contributed by atoms with Crippen molar-refractivity contribution in [1.82, 2.24) is 15.1 Å². The molecule has 0 spiro atoms. The first kappa shape index (κ1) is 27.2.